The molecule has 0 amide bonds. The third-order valence-corrected chi connectivity index (χ3v) is 9.84. The summed E-state index contributed by atoms with van der Waals surface area (Å²) in [5.41, 5.74) is 11.2. The zero-order chi connectivity index (χ0) is 25.9. The Hall–Kier alpha value is -5.16. The first kappa shape index (κ1) is 20.8. The van der Waals surface area contributed by atoms with E-state index in [4.69, 9.17) is 0 Å². The maximum atomic E-state index is 9.77. The number of thiophene rings is 1. The van der Waals surface area contributed by atoms with Crippen LogP contribution in [0, 0.1) is 22.7 Å². The molecule has 0 radical (unpaired) electrons. The Labute approximate surface area is 228 Å². The predicted octanol–water partition coefficient (Wildman–Crippen LogP) is 8.42. The first-order valence-electron chi connectivity index (χ1n) is 12.9. The van der Waals surface area contributed by atoms with Gasteiger partial charge in [-0.25, -0.2) is 0 Å². The van der Waals surface area contributed by atoms with E-state index in [2.05, 4.69) is 95.6 Å². The van der Waals surface area contributed by atoms with Crippen molar-refractivity contribution < 1.29 is 0 Å². The molecule has 39 heavy (non-hydrogen) atoms. The molecule has 4 heteroatoms. The van der Waals surface area contributed by atoms with Crippen molar-refractivity contribution in [1.29, 1.82) is 10.5 Å². The van der Waals surface area contributed by atoms with E-state index < -0.39 is 5.41 Å². The van der Waals surface area contributed by atoms with Gasteiger partial charge in [0, 0.05) is 15.5 Å². The lowest BCUT2D eigenvalue weighted by atomic mass is 9.65. The molecular weight excluding hydrogens is 494 g/mol. The smallest absolute Gasteiger partial charge is 0.0991 e. The largest absolute Gasteiger partial charge is 0.307 e. The minimum absolute atomic E-state index is 0.560. The van der Waals surface area contributed by atoms with E-state index in [0.29, 0.717) is 11.1 Å². The lowest BCUT2D eigenvalue weighted by Crippen LogP contribution is -2.33. The standard InChI is InChI=1S/C35H17N3S/c36-18-20-12-14-26-24(16-20)25-17-21(19-37)13-15-27(25)35(26)28-8-2-3-10-30(28)38-32-23(7-5-9-29(32)35)34-33(38)22-6-1-4-11-31(22)39-34/h1-17H. The third-order valence-electron chi connectivity index (χ3n) is 8.65. The molecule has 9 rings (SSSR count). The minimum atomic E-state index is -0.560. The number of rotatable bonds is 0. The van der Waals surface area contributed by atoms with Crippen LogP contribution in [0.4, 0.5) is 0 Å². The van der Waals surface area contributed by atoms with E-state index >= 15 is 0 Å². The quantitative estimate of drug-likeness (QED) is 0.205. The van der Waals surface area contributed by atoms with Gasteiger partial charge in [0.2, 0.25) is 0 Å². The summed E-state index contributed by atoms with van der Waals surface area (Å²) in [5.74, 6) is 0. The molecule has 7 aromatic rings. The maximum absolute atomic E-state index is 9.77. The Bertz CT molecular complexity index is 2260. The SMILES string of the molecule is N#Cc1ccc2c(c1)-c1cc(C#N)ccc1C21c2ccccc2-n2c3c1cccc3c1sc3ccccc3c12. The van der Waals surface area contributed by atoms with Crippen molar-refractivity contribution in [3.05, 3.63) is 137 Å². The fourth-order valence-corrected chi connectivity index (χ4v) is 8.46. The van der Waals surface area contributed by atoms with E-state index in [9.17, 15) is 10.5 Å². The summed E-state index contributed by atoms with van der Waals surface area (Å²) in [4.78, 5) is 0. The molecule has 0 N–H and O–H groups in total. The van der Waals surface area contributed by atoms with Gasteiger partial charge in [0.15, 0.2) is 0 Å². The molecule has 0 fully saturated rings. The summed E-state index contributed by atoms with van der Waals surface area (Å²) < 4.78 is 5.07. The summed E-state index contributed by atoms with van der Waals surface area (Å²) in [7, 11) is 0. The number of fused-ring (bicyclic) bond motifs is 14. The van der Waals surface area contributed by atoms with Crippen LogP contribution in [0.3, 0.4) is 0 Å². The molecule has 0 unspecified atom stereocenters. The highest BCUT2D eigenvalue weighted by Crippen LogP contribution is 2.61. The zero-order valence-corrected chi connectivity index (χ0v) is 21.4. The summed E-state index contributed by atoms with van der Waals surface area (Å²) in [5, 5.41) is 22.1. The molecule has 0 atom stereocenters. The molecule has 0 saturated carbocycles. The zero-order valence-electron chi connectivity index (χ0n) is 20.6. The van der Waals surface area contributed by atoms with Gasteiger partial charge in [-0.15, -0.1) is 11.3 Å². The number of nitriles is 2. The molecule has 2 aromatic heterocycles. The van der Waals surface area contributed by atoms with Crippen LogP contribution in [-0.4, -0.2) is 4.57 Å². The Balaban J connectivity index is 1.55. The number of nitrogens with zero attached hydrogens (tertiary/aromatic N) is 3. The van der Waals surface area contributed by atoms with Gasteiger partial charge in [0.25, 0.3) is 0 Å². The summed E-state index contributed by atoms with van der Waals surface area (Å²) in [6.45, 7) is 0. The maximum Gasteiger partial charge on any atom is 0.0991 e. The van der Waals surface area contributed by atoms with Gasteiger partial charge >= 0.3 is 0 Å². The van der Waals surface area contributed by atoms with Gasteiger partial charge in [0.1, 0.15) is 0 Å². The fourth-order valence-electron chi connectivity index (χ4n) is 7.24. The Morgan fingerprint density at radius 3 is 1.97 bits per heavy atom. The molecule has 178 valence electrons. The van der Waals surface area contributed by atoms with E-state index in [1.165, 1.54) is 48.0 Å². The van der Waals surface area contributed by atoms with Crippen LogP contribution in [0.1, 0.15) is 33.4 Å². The van der Waals surface area contributed by atoms with Crippen molar-refractivity contribution in [2.45, 2.75) is 5.41 Å². The average Bonchev–Trinajstić information content (AvgIpc) is 3.62. The molecule has 3 nitrogen and oxygen atoms in total. The van der Waals surface area contributed by atoms with Crippen molar-refractivity contribution in [1.82, 2.24) is 4.57 Å². The van der Waals surface area contributed by atoms with Crippen molar-refractivity contribution in [3.8, 4) is 29.0 Å². The molecule has 3 heterocycles. The van der Waals surface area contributed by atoms with Crippen LogP contribution in [0.25, 0.3) is 48.0 Å². The van der Waals surface area contributed by atoms with Crippen LogP contribution in [-0.2, 0) is 5.41 Å². The molecular formula is C35H17N3S. The summed E-state index contributed by atoms with van der Waals surface area (Å²) in [6.07, 6.45) is 0. The Kier molecular flexibility index (Phi) is 3.76. The Morgan fingerprint density at radius 2 is 1.23 bits per heavy atom. The third kappa shape index (κ3) is 2.29. The monoisotopic (exact) mass is 511 g/mol. The first-order chi connectivity index (χ1) is 19.3. The molecule has 0 bridgehead atoms. The number of para-hydroxylation sites is 2. The summed E-state index contributed by atoms with van der Waals surface area (Å²) in [6, 6.07) is 40.9. The minimum Gasteiger partial charge on any atom is -0.307 e. The van der Waals surface area contributed by atoms with Crippen molar-refractivity contribution in [2.75, 3.05) is 0 Å². The average molecular weight is 512 g/mol. The van der Waals surface area contributed by atoms with E-state index in [0.717, 1.165) is 22.3 Å². The van der Waals surface area contributed by atoms with Crippen LogP contribution >= 0.6 is 11.3 Å². The molecule has 1 spiro atoms. The van der Waals surface area contributed by atoms with Crippen LogP contribution in [0.2, 0.25) is 0 Å². The number of aromatic nitrogens is 1. The normalized spacial score (nSPS) is 13.8. The highest BCUT2D eigenvalue weighted by molar-refractivity contribution is 7.26. The molecule has 0 saturated heterocycles. The highest BCUT2D eigenvalue weighted by Gasteiger charge is 2.51. The van der Waals surface area contributed by atoms with Gasteiger partial charge in [-0.1, -0.05) is 66.7 Å². The van der Waals surface area contributed by atoms with Crippen molar-refractivity contribution in [3.63, 3.8) is 0 Å². The van der Waals surface area contributed by atoms with E-state index in [1.807, 2.05) is 35.6 Å². The number of hydrogen-bond donors (Lipinski definition) is 0. The van der Waals surface area contributed by atoms with Gasteiger partial charge < -0.3 is 4.57 Å². The molecule has 5 aromatic carbocycles. The molecule has 2 aliphatic rings. The van der Waals surface area contributed by atoms with Crippen molar-refractivity contribution in [2.24, 2.45) is 0 Å². The highest BCUT2D eigenvalue weighted by atomic mass is 32.1. The van der Waals surface area contributed by atoms with E-state index in [-0.39, 0.29) is 0 Å². The topological polar surface area (TPSA) is 52.5 Å². The van der Waals surface area contributed by atoms with Gasteiger partial charge in [-0.2, -0.15) is 10.5 Å². The Morgan fingerprint density at radius 1 is 0.590 bits per heavy atom. The second-order valence-corrected chi connectivity index (χ2v) is 11.4. The van der Waals surface area contributed by atoms with Crippen LogP contribution in [0.5, 0.6) is 0 Å². The second-order valence-electron chi connectivity index (χ2n) is 10.3. The predicted molar refractivity (Wildman–Crippen MR) is 156 cm³/mol. The fraction of sp³-hybridized carbons (Fsp3) is 0.0286. The molecule has 1 aliphatic carbocycles. The van der Waals surface area contributed by atoms with Crippen molar-refractivity contribution >= 4 is 42.5 Å². The van der Waals surface area contributed by atoms with Crippen LogP contribution in [0.15, 0.2) is 103 Å². The number of hydrogen-bond acceptors (Lipinski definition) is 3. The van der Waals surface area contributed by atoms with Gasteiger partial charge in [-0.05, 0) is 69.8 Å². The van der Waals surface area contributed by atoms with E-state index in [1.54, 1.807) is 0 Å². The van der Waals surface area contributed by atoms with Gasteiger partial charge in [0.05, 0.1) is 50.1 Å². The second kappa shape index (κ2) is 7.03. The lowest BCUT2D eigenvalue weighted by molar-refractivity contribution is 0.748. The molecule has 1 aliphatic heterocycles. The van der Waals surface area contributed by atoms with Gasteiger partial charge in [-0.3, -0.25) is 0 Å². The number of benzene rings is 5. The van der Waals surface area contributed by atoms with Crippen LogP contribution < -0.4 is 0 Å². The lowest BCUT2D eigenvalue weighted by Gasteiger charge is -2.39. The summed E-state index contributed by atoms with van der Waals surface area (Å²) >= 11 is 1.86. The first-order valence-corrected chi connectivity index (χ1v) is 13.7.